The normalized spacial score (nSPS) is 22.6. The zero-order valence-electron chi connectivity index (χ0n) is 10.4. The van der Waals surface area contributed by atoms with E-state index in [1.165, 1.54) is 30.6 Å². The number of rotatable bonds is 5. The molecule has 17 heavy (non-hydrogen) atoms. The Bertz CT molecular complexity index is 333. The Morgan fingerprint density at radius 3 is 3.12 bits per heavy atom. The number of thioether (sulfide) groups is 1. The van der Waals surface area contributed by atoms with Crippen molar-refractivity contribution in [3.05, 3.63) is 18.0 Å². The summed E-state index contributed by atoms with van der Waals surface area (Å²) < 4.78 is 1.86. The highest BCUT2D eigenvalue weighted by Gasteiger charge is 2.23. The van der Waals surface area contributed by atoms with Gasteiger partial charge in [0.05, 0.1) is 6.20 Å². The van der Waals surface area contributed by atoms with Crippen LogP contribution in [0.2, 0.25) is 0 Å². The molecule has 1 aromatic heterocycles. The first-order valence-electron chi connectivity index (χ1n) is 6.35. The maximum absolute atomic E-state index is 5.69. The number of hydrogen-bond acceptors (Lipinski definition) is 4. The molecule has 0 aliphatic carbocycles. The zero-order chi connectivity index (χ0) is 12.1. The highest BCUT2D eigenvalue weighted by molar-refractivity contribution is 8.00. The van der Waals surface area contributed by atoms with Crippen LogP contribution in [0.4, 0.5) is 0 Å². The first-order valence-corrected chi connectivity index (χ1v) is 7.39. The van der Waals surface area contributed by atoms with Gasteiger partial charge in [0, 0.05) is 24.5 Å². The van der Waals surface area contributed by atoms with Crippen LogP contribution < -0.4 is 11.3 Å². The summed E-state index contributed by atoms with van der Waals surface area (Å²) in [6, 6.07) is 0.431. The van der Waals surface area contributed by atoms with Crippen molar-refractivity contribution in [1.82, 2.24) is 15.2 Å². The fourth-order valence-corrected chi connectivity index (χ4v) is 3.84. The quantitative estimate of drug-likeness (QED) is 0.617. The number of hydrazine groups is 1. The third kappa shape index (κ3) is 3.72. The lowest BCUT2D eigenvalue weighted by Crippen LogP contribution is -2.43. The Kier molecular flexibility index (Phi) is 4.88. The predicted molar refractivity (Wildman–Crippen MR) is 72.7 cm³/mol. The second-order valence-corrected chi connectivity index (χ2v) is 6.09. The van der Waals surface area contributed by atoms with E-state index in [0.29, 0.717) is 11.3 Å². The van der Waals surface area contributed by atoms with Crippen molar-refractivity contribution in [2.24, 2.45) is 12.9 Å². The van der Waals surface area contributed by atoms with E-state index in [-0.39, 0.29) is 0 Å². The molecule has 2 heterocycles. The molecule has 0 saturated carbocycles. The third-order valence-corrected chi connectivity index (χ3v) is 4.90. The molecule has 1 saturated heterocycles. The molecule has 1 aliphatic rings. The molecular weight excluding hydrogens is 232 g/mol. The first kappa shape index (κ1) is 12.9. The van der Waals surface area contributed by atoms with Crippen molar-refractivity contribution in [3.8, 4) is 0 Å². The van der Waals surface area contributed by atoms with E-state index < -0.39 is 0 Å². The van der Waals surface area contributed by atoms with Crippen molar-refractivity contribution in [2.75, 3.05) is 5.75 Å². The number of aryl methyl sites for hydroxylation is 2. The highest BCUT2D eigenvalue weighted by atomic mass is 32.2. The van der Waals surface area contributed by atoms with Gasteiger partial charge in [-0.1, -0.05) is 6.42 Å². The molecule has 4 nitrogen and oxygen atoms in total. The fourth-order valence-electron chi connectivity index (χ4n) is 2.38. The van der Waals surface area contributed by atoms with E-state index in [1.54, 1.807) is 0 Å². The number of aromatic nitrogens is 2. The lowest BCUT2D eigenvalue weighted by atomic mass is 10.0. The molecule has 0 aromatic carbocycles. The van der Waals surface area contributed by atoms with Gasteiger partial charge in [-0.2, -0.15) is 16.9 Å². The summed E-state index contributed by atoms with van der Waals surface area (Å²) in [4.78, 5) is 0. The van der Waals surface area contributed by atoms with Gasteiger partial charge in [0.25, 0.3) is 0 Å². The molecule has 5 heteroatoms. The highest BCUT2D eigenvalue weighted by Crippen LogP contribution is 2.28. The van der Waals surface area contributed by atoms with Crippen LogP contribution in [0.5, 0.6) is 0 Å². The molecule has 96 valence electrons. The molecule has 0 radical (unpaired) electrons. The van der Waals surface area contributed by atoms with Crippen LogP contribution >= 0.6 is 11.8 Å². The number of hydrogen-bond donors (Lipinski definition) is 2. The van der Waals surface area contributed by atoms with Crippen LogP contribution in [-0.4, -0.2) is 26.8 Å². The van der Waals surface area contributed by atoms with Crippen LogP contribution in [0.3, 0.4) is 0 Å². The SMILES string of the molecule is Cn1cc(CCC(NN)C2CCCCS2)cn1. The van der Waals surface area contributed by atoms with Gasteiger partial charge in [0.15, 0.2) is 0 Å². The van der Waals surface area contributed by atoms with Crippen LogP contribution in [0, 0.1) is 0 Å². The van der Waals surface area contributed by atoms with Gasteiger partial charge in [-0.05, 0) is 37.0 Å². The van der Waals surface area contributed by atoms with E-state index >= 15 is 0 Å². The smallest absolute Gasteiger partial charge is 0.0521 e. The summed E-state index contributed by atoms with van der Waals surface area (Å²) in [6.07, 6.45) is 10.2. The van der Waals surface area contributed by atoms with Crippen LogP contribution in [0.25, 0.3) is 0 Å². The molecule has 1 aromatic rings. The van der Waals surface area contributed by atoms with Crippen LogP contribution in [0.15, 0.2) is 12.4 Å². The maximum Gasteiger partial charge on any atom is 0.0521 e. The largest absolute Gasteiger partial charge is 0.276 e. The fraction of sp³-hybridized carbons (Fsp3) is 0.750. The van der Waals surface area contributed by atoms with E-state index in [0.717, 1.165) is 12.8 Å². The van der Waals surface area contributed by atoms with Gasteiger partial charge in [0.2, 0.25) is 0 Å². The molecule has 2 atom stereocenters. The van der Waals surface area contributed by atoms with Crippen LogP contribution in [0.1, 0.15) is 31.2 Å². The number of nitrogens with zero attached hydrogens (tertiary/aromatic N) is 2. The van der Waals surface area contributed by atoms with Crippen LogP contribution in [-0.2, 0) is 13.5 Å². The monoisotopic (exact) mass is 254 g/mol. The minimum absolute atomic E-state index is 0.431. The standard InChI is InChI=1S/C12H22N4S/c1-16-9-10(8-14-16)5-6-11(15-13)12-4-2-3-7-17-12/h8-9,11-12,15H,2-7,13H2,1H3. The van der Waals surface area contributed by atoms with Gasteiger partial charge in [-0.3, -0.25) is 16.0 Å². The minimum atomic E-state index is 0.431. The zero-order valence-corrected chi connectivity index (χ0v) is 11.2. The molecule has 2 unspecified atom stereocenters. The summed E-state index contributed by atoms with van der Waals surface area (Å²) in [6.45, 7) is 0. The Morgan fingerprint density at radius 2 is 2.53 bits per heavy atom. The summed E-state index contributed by atoms with van der Waals surface area (Å²) in [5.74, 6) is 6.98. The first-order chi connectivity index (χ1) is 8.29. The summed E-state index contributed by atoms with van der Waals surface area (Å²) >= 11 is 2.07. The van der Waals surface area contributed by atoms with Crippen molar-refractivity contribution >= 4 is 11.8 Å². The van der Waals surface area contributed by atoms with Crippen molar-refractivity contribution in [3.63, 3.8) is 0 Å². The minimum Gasteiger partial charge on any atom is -0.276 e. The van der Waals surface area contributed by atoms with E-state index in [9.17, 15) is 0 Å². The Hall–Kier alpha value is -0.520. The Labute approximate surface area is 107 Å². The number of nitrogens with one attached hydrogen (secondary N) is 1. The summed E-state index contributed by atoms with van der Waals surface area (Å²) in [7, 11) is 1.96. The molecule has 1 aliphatic heterocycles. The van der Waals surface area contributed by atoms with Crippen molar-refractivity contribution < 1.29 is 0 Å². The third-order valence-electron chi connectivity index (χ3n) is 3.38. The molecule has 3 N–H and O–H groups in total. The van der Waals surface area contributed by atoms with E-state index in [2.05, 4.69) is 28.5 Å². The lowest BCUT2D eigenvalue weighted by Gasteiger charge is -2.29. The molecular formula is C12H22N4S. The van der Waals surface area contributed by atoms with E-state index in [1.807, 2.05) is 17.9 Å². The summed E-state index contributed by atoms with van der Waals surface area (Å²) in [5.41, 5.74) is 4.30. The van der Waals surface area contributed by atoms with Gasteiger partial charge < -0.3 is 0 Å². The number of nitrogens with two attached hydrogens (primary N) is 1. The lowest BCUT2D eigenvalue weighted by molar-refractivity contribution is 0.449. The van der Waals surface area contributed by atoms with Gasteiger partial charge in [-0.15, -0.1) is 0 Å². The second kappa shape index (κ2) is 6.42. The average molecular weight is 254 g/mol. The molecule has 2 rings (SSSR count). The average Bonchev–Trinajstić information content (AvgIpc) is 2.77. The predicted octanol–water partition coefficient (Wildman–Crippen LogP) is 1.47. The van der Waals surface area contributed by atoms with E-state index in [4.69, 9.17) is 5.84 Å². The molecule has 1 fully saturated rings. The Balaban J connectivity index is 1.82. The molecule has 0 spiro atoms. The second-order valence-electron chi connectivity index (χ2n) is 4.74. The van der Waals surface area contributed by atoms with Gasteiger partial charge >= 0.3 is 0 Å². The maximum atomic E-state index is 5.69. The molecule has 0 amide bonds. The van der Waals surface area contributed by atoms with Gasteiger partial charge in [0.1, 0.15) is 0 Å². The molecule has 0 bridgehead atoms. The van der Waals surface area contributed by atoms with Crippen molar-refractivity contribution in [1.29, 1.82) is 0 Å². The Morgan fingerprint density at radius 1 is 1.65 bits per heavy atom. The summed E-state index contributed by atoms with van der Waals surface area (Å²) in [5, 5.41) is 4.88. The topological polar surface area (TPSA) is 55.9 Å². The van der Waals surface area contributed by atoms with Crippen molar-refractivity contribution in [2.45, 2.75) is 43.4 Å². The van der Waals surface area contributed by atoms with Gasteiger partial charge in [-0.25, -0.2) is 0 Å².